The predicted molar refractivity (Wildman–Crippen MR) is 114 cm³/mol. The highest BCUT2D eigenvalue weighted by Gasteiger charge is 2.15. The summed E-state index contributed by atoms with van der Waals surface area (Å²) < 4.78 is 5.48. The molecule has 0 heterocycles. The monoisotopic (exact) mass is 376 g/mol. The van der Waals surface area contributed by atoms with Crippen LogP contribution in [0.5, 0.6) is 5.75 Å². The molecule has 0 saturated carbocycles. The molecule has 0 spiro atoms. The number of rotatable bonds is 17. The summed E-state index contributed by atoms with van der Waals surface area (Å²) in [6, 6.07) is 5.57. The number of carbonyl (C=O) groups is 1. The van der Waals surface area contributed by atoms with Crippen LogP contribution in [0.1, 0.15) is 113 Å². The summed E-state index contributed by atoms with van der Waals surface area (Å²) in [6.07, 6.45) is 18.1. The van der Waals surface area contributed by atoms with Gasteiger partial charge in [0.2, 0.25) is 0 Å². The van der Waals surface area contributed by atoms with E-state index < -0.39 is 5.97 Å². The largest absolute Gasteiger partial charge is 0.493 e. The van der Waals surface area contributed by atoms with E-state index in [0.29, 0.717) is 17.9 Å². The van der Waals surface area contributed by atoms with E-state index in [4.69, 9.17) is 4.74 Å². The molecule has 0 aromatic heterocycles. The standard InChI is InChI=1S/C24H40O3/c1-3-5-6-7-8-9-10-11-12-13-14-15-16-18-21-19-17-20-22(27-4-2)23(21)24(25)26/h17,19-20H,3-16,18H2,1-2H3,(H,25,26). The molecule has 1 rings (SSSR count). The van der Waals surface area contributed by atoms with E-state index in [9.17, 15) is 9.90 Å². The van der Waals surface area contributed by atoms with Crippen molar-refractivity contribution in [2.45, 2.75) is 104 Å². The summed E-state index contributed by atoms with van der Waals surface area (Å²) in [5.41, 5.74) is 1.25. The molecule has 154 valence electrons. The summed E-state index contributed by atoms with van der Waals surface area (Å²) in [4.78, 5) is 11.6. The Balaban J connectivity index is 2.12. The van der Waals surface area contributed by atoms with Gasteiger partial charge in [-0.15, -0.1) is 0 Å². The molecule has 0 aliphatic carbocycles. The Morgan fingerprint density at radius 1 is 0.815 bits per heavy atom. The number of aryl methyl sites for hydroxylation is 1. The lowest BCUT2D eigenvalue weighted by Gasteiger charge is -2.11. The van der Waals surface area contributed by atoms with Crippen LogP contribution in [0, 0.1) is 0 Å². The van der Waals surface area contributed by atoms with Crippen molar-refractivity contribution in [1.82, 2.24) is 0 Å². The summed E-state index contributed by atoms with van der Waals surface area (Å²) in [5.74, 6) is -0.388. The van der Waals surface area contributed by atoms with Gasteiger partial charge >= 0.3 is 5.97 Å². The molecule has 0 fully saturated rings. The first-order valence-electron chi connectivity index (χ1n) is 11.2. The second-order valence-corrected chi connectivity index (χ2v) is 7.52. The molecule has 3 heteroatoms. The van der Waals surface area contributed by atoms with Crippen LogP contribution in [0.2, 0.25) is 0 Å². The van der Waals surface area contributed by atoms with E-state index in [2.05, 4.69) is 6.92 Å². The highest BCUT2D eigenvalue weighted by Crippen LogP contribution is 2.24. The molecule has 0 unspecified atom stereocenters. The van der Waals surface area contributed by atoms with Gasteiger partial charge in [0.25, 0.3) is 0 Å². The number of ether oxygens (including phenoxy) is 1. The second-order valence-electron chi connectivity index (χ2n) is 7.52. The molecule has 0 saturated heterocycles. The average molecular weight is 377 g/mol. The number of unbranched alkanes of at least 4 members (excludes halogenated alkanes) is 12. The van der Waals surface area contributed by atoms with E-state index in [1.54, 1.807) is 6.07 Å². The zero-order valence-electron chi connectivity index (χ0n) is 17.6. The molecule has 0 bridgehead atoms. The van der Waals surface area contributed by atoms with Gasteiger partial charge in [0.15, 0.2) is 0 Å². The SMILES string of the molecule is CCCCCCCCCCCCCCCc1cccc(OCC)c1C(=O)O. The topological polar surface area (TPSA) is 46.5 Å². The van der Waals surface area contributed by atoms with E-state index in [1.807, 2.05) is 19.1 Å². The Bertz CT molecular complexity index is 510. The van der Waals surface area contributed by atoms with E-state index in [-0.39, 0.29) is 0 Å². The van der Waals surface area contributed by atoms with Crippen molar-refractivity contribution < 1.29 is 14.6 Å². The quantitative estimate of drug-likeness (QED) is 0.288. The van der Waals surface area contributed by atoms with Crippen LogP contribution in [0.4, 0.5) is 0 Å². The number of aromatic carboxylic acids is 1. The number of carboxylic acid groups (broad SMARTS) is 1. The van der Waals surface area contributed by atoms with Gasteiger partial charge in [0, 0.05) is 0 Å². The van der Waals surface area contributed by atoms with Gasteiger partial charge in [-0.2, -0.15) is 0 Å². The maximum Gasteiger partial charge on any atom is 0.339 e. The lowest BCUT2D eigenvalue weighted by Crippen LogP contribution is -2.07. The number of carboxylic acids is 1. The molecule has 0 aliphatic rings. The first-order chi connectivity index (χ1) is 13.2. The zero-order valence-corrected chi connectivity index (χ0v) is 17.6. The maximum absolute atomic E-state index is 11.6. The van der Waals surface area contributed by atoms with E-state index in [1.165, 1.54) is 77.0 Å². The van der Waals surface area contributed by atoms with Gasteiger partial charge < -0.3 is 9.84 Å². The Hall–Kier alpha value is -1.51. The first-order valence-corrected chi connectivity index (χ1v) is 11.2. The van der Waals surface area contributed by atoms with Crippen molar-refractivity contribution in [3.05, 3.63) is 29.3 Å². The lowest BCUT2D eigenvalue weighted by molar-refractivity contribution is 0.0691. The van der Waals surface area contributed by atoms with Crippen molar-refractivity contribution >= 4 is 5.97 Å². The average Bonchev–Trinajstić information content (AvgIpc) is 2.65. The molecule has 1 aromatic carbocycles. The first kappa shape index (κ1) is 23.5. The molecule has 1 aromatic rings. The molecule has 0 atom stereocenters. The van der Waals surface area contributed by atoms with E-state index in [0.717, 1.165) is 18.4 Å². The minimum atomic E-state index is -0.885. The summed E-state index contributed by atoms with van der Waals surface area (Å²) in [5, 5.41) is 9.50. The van der Waals surface area contributed by atoms with Crippen LogP contribution in [-0.2, 0) is 6.42 Å². The summed E-state index contributed by atoms with van der Waals surface area (Å²) in [6.45, 7) is 4.64. The van der Waals surface area contributed by atoms with Crippen molar-refractivity contribution in [2.75, 3.05) is 6.61 Å². The molecule has 0 radical (unpaired) electrons. The Labute approximate surface area is 166 Å². The normalized spacial score (nSPS) is 10.9. The van der Waals surface area contributed by atoms with Gasteiger partial charge in [-0.3, -0.25) is 0 Å². The summed E-state index contributed by atoms with van der Waals surface area (Å²) >= 11 is 0. The van der Waals surface area contributed by atoms with Crippen LogP contribution >= 0.6 is 0 Å². The molecule has 0 amide bonds. The van der Waals surface area contributed by atoms with Crippen molar-refractivity contribution in [1.29, 1.82) is 0 Å². The molecular weight excluding hydrogens is 336 g/mol. The van der Waals surface area contributed by atoms with Gasteiger partial charge in [-0.05, 0) is 31.4 Å². The van der Waals surface area contributed by atoms with Gasteiger partial charge in [-0.25, -0.2) is 4.79 Å². The fraction of sp³-hybridized carbons (Fsp3) is 0.708. The highest BCUT2D eigenvalue weighted by molar-refractivity contribution is 5.92. The maximum atomic E-state index is 11.6. The zero-order chi connectivity index (χ0) is 19.7. The molecule has 3 nitrogen and oxygen atoms in total. The van der Waals surface area contributed by atoms with E-state index >= 15 is 0 Å². The minimum Gasteiger partial charge on any atom is -0.493 e. The predicted octanol–water partition coefficient (Wildman–Crippen LogP) is 7.42. The third-order valence-corrected chi connectivity index (χ3v) is 5.18. The third-order valence-electron chi connectivity index (χ3n) is 5.18. The fourth-order valence-electron chi connectivity index (χ4n) is 3.64. The Morgan fingerprint density at radius 3 is 1.81 bits per heavy atom. The number of hydrogen-bond donors (Lipinski definition) is 1. The smallest absolute Gasteiger partial charge is 0.339 e. The Morgan fingerprint density at radius 2 is 1.33 bits per heavy atom. The highest BCUT2D eigenvalue weighted by atomic mass is 16.5. The van der Waals surface area contributed by atoms with Gasteiger partial charge in [0.1, 0.15) is 11.3 Å². The summed E-state index contributed by atoms with van der Waals surface area (Å²) in [7, 11) is 0. The van der Waals surface area contributed by atoms with Gasteiger partial charge in [-0.1, -0.05) is 96.1 Å². The Kier molecular flexibility index (Phi) is 13.5. The molecular formula is C24H40O3. The van der Waals surface area contributed by atoms with Crippen LogP contribution in [-0.4, -0.2) is 17.7 Å². The number of benzene rings is 1. The molecule has 27 heavy (non-hydrogen) atoms. The lowest BCUT2D eigenvalue weighted by atomic mass is 9.99. The van der Waals surface area contributed by atoms with Crippen molar-refractivity contribution in [2.24, 2.45) is 0 Å². The third kappa shape index (κ3) is 10.4. The van der Waals surface area contributed by atoms with Crippen LogP contribution in [0.25, 0.3) is 0 Å². The van der Waals surface area contributed by atoms with Crippen LogP contribution in [0.15, 0.2) is 18.2 Å². The second kappa shape index (κ2) is 15.5. The van der Waals surface area contributed by atoms with Crippen molar-refractivity contribution in [3.8, 4) is 5.75 Å². The van der Waals surface area contributed by atoms with Crippen LogP contribution < -0.4 is 4.74 Å². The molecule has 0 aliphatic heterocycles. The minimum absolute atomic E-state index is 0.346. The fourth-order valence-corrected chi connectivity index (χ4v) is 3.64. The van der Waals surface area contributed by atoms with Crippen LogP contribution in [0.3, 0.4) is 0 Å². The number of hydrogen-bond acceptors (Lipinski definition) is 2. The van der Waals surface area contributed by atoms with Gasteiger partial charge in [0.05, 0.1) is 6.61 Å². The van der Waals surface area contributed by atoms with Crippen molar-refractivity contribution in [3.63, 3.8) is 0 Å². The molecule has 1 N–H and O–H groups in total.